The van der Waals surface area contributed by atoms with Gasteiger partial charge in [0.15, 0.2) is 0 Å². The van der Waals surface area contributed by atoms with E-state index in [1.807, 2.05) is 0 Å². The fourth-order valence-corrected chi connectivity index (χ4v) is 2.26. The van der Waals surface area contributed by atoms with E-state index in [0.717, 1.165) is 0 Å². The van der Waals surface area contributed by atoms with Gasteiger partial charge in [0, 0.05) is 11.6 Å². The van der Waals surface area contributed by atoms with Crippen LogP contribution in [0.25, 0.3) is 0 Å². The standard InChI is InChI=1S/C15H12F3NO2/c16-9-5-6-13-11(7-9)19-8-14(20-13)10-3-1-2-4-12(10)21-15(17)18/h1-7,14-15,19H,8H2. The summed E-state index contributed by atoms with van der Waals surface area (Å²) in [6.07, 6.45) is -0.488. The van der Waals surface area contributed by atoms with Crippen LogP contribution < -0.4 is 14.8 Å². The van der Waals surface area contributed by atoms with Crippen LogP contribution in [0.5, 0.6) is 11.5 Å². The predicted octanol–water partition coefficient (Wildman–Crippen LogP) is 3.97. The van der Waals surface area contributed by atoms with Crippen LogP contribution in [0.15, 0.2) is 42.5 Å². The molecule has 2 aromatic carbocycles. The first-order chi connectivity index (χ1) is 10.1. The predicted molar refractivity (Wildman–Crippen MR) is 71.3 cm³/mol. The first kappa shape index (κ1) is 13.6. The van der Waals surface area contributed by atoms with Crippen molar-refractivity contribution in [3.05, 3.63) is 53.8 Å². The van der Waals surface area contributed by atoms with E-state index < -0.39 is 12.7 Å². The van der Waals surface area contributed by atoms with E-state index in [1.165, 1.54) is 24.3 Å². The minimum absolute atomic E-state index is 0.0739. The third-order valence-corrected chi connectivity index (χ3v) is 3.17. The van der Waals surface area contributed by atoms with Crippen molar-refractivity contribution in [3.8, 4) is 11.5 Å². The van der Waals surface area contributed by atoms with Crippen LogP contribution in [0, 0.1) is 5.82 Å². The van der Waals surface area contributed by atoms with Crippen molar-refractivity contribution in [1.82, 2.24) is 0 Å². The fraction of sp³-hybridized carbons (Fsp3) is 0.200. The molecule has 0 aromatic heterocycles. The molecule has 2 aromatic rings. The molecule has 1 heterocycles. The van der Waals surface area contributed by atoms with Crippen LogP contribution in [0.2, 0.25) is 0 Å². The number of fused-ring (bicyclic) bond motifs is 1. The van der Waals surface area contributed by atoms with Gasteiger partial charge in [-0.2, -0.15) is 8.78 Å². The van der Waals surface area contributed by atoms with Crippen LogP contribution in [0.4, 0.5) is 18.9 Å². The summed E-state index contributed by atoms with van der Waals surface area (Å²) in [6.45, 7) is -2.57. The average Bonchev–Trinajstić information content (AvgIpc) is 2.47. The van der Waals surface area contributed by atoms with Crippen molar-refractivity contribution in [2.45, 2.75) is 12.7 Å². The zero-order valence-electron chi connectivity index (χ0n) is 10.9. The number of hydrogen-bond donors (Lipinski definition) is 1. The first-order valence-corrected chi connectivity index (χ1v) is 6.37. The van der Waals surface area contributed by atoms with Gasteiger partial charge in [0.25, 0.3) is 0 Å². The van der Waals surface area contributed by atoms with E-state index in [4.69, 9.17) is 4.74 Å². The third-order valence-electron chi connectivity index (χ3n) is 3.17. The van der Waals surface area contributed by atoms with Crippen LogP contribution in [0.1, 0.15) is 11.7 Å². The minimum atomic E-state index is -2.90. The molecule has 3 nitrogen and oxygen atoms in total. The number of benzene rings is 2. The van der Waals surface area contributed by atoms with Gasteiger partial charge in [0.1, 0.15) is 23.4 Å². The Morgan fingerprint density at radius 1 is 1.19 bits per heavy atom. The molecular formula is C15H12F3NO2. The molecule has 1 aliphatic rings. The highest BCUT2D eigenvalue weighted by Crippen LogP contribution is 2.37. The van der Waals surface area contributed by atoms with Crippen LogP contribution in [-0.4, -0.2) is 13.2 Å². The molecule has 6 heteroatoms. The van der Waals surface area contributed by atoms with Crippen molar-refractivity contribution < 1.29 is 22.6 Å². The summed E-state index contributed by atoms with van der Waals surface area (Å²) in [5.74, 6) is 0.175. The Morgan fingerprint density at radius 3 is 2.81 bits per heavy atom. The molecule has 0 saturated carbocycles. The summed E-state index contributed by atoms with van der Waals surface area (Å²) in [6, 6.07) is 10.6. The molecule has 0 spiro atoms. The number of nitrogens with one attached hydrogen (secondary N) is 1. The summed E-state index contributed by atoms with van der Waals surface area (Å²) < 4.78 is 48.2. The molecule has 21 heavy (non-hydrogen) atoms. The van der Waals surface area contributed by atoms with Gasteiger partial charge in [-0.15, -0.1) is 0 Å². The van der Waals surface area contributed by atoms with Crippen LogP contribution >= 0.6 is 0 Å². The SMILES string of the molecule is Fc1ccc2c(c1)NCC(c1ccccc1OC(F)F)O2. The van der Waals surface area contributed by atoms with Gasteiger partial charge < -0.3 is 14.8 Å². The van der Waals surface area contributed by atoms with Crippen molar-refractivity contribution in [2.75, 3.05) is 11.9 Å². The van der Waals surface area contributed by atoms with Gasteiger partial charge in [-0.3, -0.25) is 0 Å². The molecule has 0 fully saturated rings. The summed E-state index contributed by atoms with van der Waals surface area (Å²) in [7, 11) is 0. The first-order valence-electron chi connectivity index (χ1n) is 6.37. The van der Waals surface area contributed by atoms with Gasteiger partial charge in [0.2, 0.25) is 0 Å². The number of rotatable bonds is 3. The zero-order chi connectivity index (χ0) is 14.8. The van der Waals surface area contributed by atoms with Crippen LogP contribution in [0.3, 0.4) is 0 Å². The molecule has 110 valence electrons. The maximum Gasteiger partial charge on any atom is 0.387 e. The Balaban J connectivity index is 1.88. The van der Waals surface area contributed by atoms with Crippen molar-refractivity contribution in [3.63, 3.8) is 0 Å². The Labute approximate surface area is 119 Å². The Kier molecular flexibility index (Phi) is 3.60. The summed E-state index contributed by atoms with van der Waals surface area (Å²) >= 11 is 0. The number of hydrogen-bond acceptors (Lipinski definition) is 3. The quantitative estimate of drug-likeness (QED) is 0.929. The Morgan fingerprint density at radius 2 is 2.00 bits per heavy atom. The smallest absolute Gasteiger partial charge is 0.387 e. The highest BCUT2D eigenvalue weighted by atomic mass is 19.3. The highest BCUT2D eigenvalue weighted by Gasteiger charge is 2.24. The number of anilines is 1. The Hall–Kier alpha value is -2.37. The van der Waals surface area contributed by atoms with Crippen LogP contribution in [-0.2, 0) is 0 Å². The third kappa shape index (κ3) is 2.89. The fourth-order valence-electron chi connectivity index (χ4n) is 2.26. The van der Waals surface area contributed by atoms with E-state index in [2.05, 4.69) is 10.1 Å². The summed E-state index contributed by atoms with van der Waals surface area (Å²) in [4.78, 5) is 0. The lowest BCUT2D eigenvalue weighted by Crippen LogP contribution is -2.24. The number of halogens is 3. The van der Waals surface area contributed by atoms with E-state index in [9.17, 15) is 13.2 Å². The normalized spacial score (nSPS) is 16.9. The molecule has 0 bridgehead atoms. The Bertz CT molecular complexity index is 649. The van der Waals surface area contributed by atoms with E-state index >= 15 is 0 Å². The molecule has 1 unspecified atom stereocenters. The van der Waals surface area contributed by atoms with Crippen molar-refractivity contribution >= 4 is 5.69 Å². The van der Waals surface area contributed by atoms with Crippen molar-refractivity contribution in [1.29, 1.82) is 0 Å². The molecular weight excluding hydrogens is 283 g/mol. The highest BCUT2D eigenvalue weighted by molar-refractivity contribution is 5.58. The second kappa shape index (κ2) is 5.55. The van der Waals surface area contributed by atoms with Gasteiger partial charge in [-0.25, -0.2) is 4.39 Å². The molecule has 1 aliphatic heterocycles. The second-order valence-corrected chi connectivity index (χ2v) is 4.54. The molecule has 3 rings (SSSR count). The molecule has 1 N–H and O–H groups in total. The topological polar surface area (TPSA) is 30.5 Å². The van der Waals surface area contributed by atoms with Gasteiger partial charge in [-0.05, 0) is 18.2 Å². The number of ether oxygens (including phenoxy) is 2. The van der Waals surface area contributed by atoms with Gasteiger partial charge in [-0.1, -0.05) is 18.2 Å². The zero-order valence-corrected chi connectivity index (χ0v) is 10.9. The lowest BCUT2D eigenvalue weighted by molar-refractivity contribution is -0.0513. The summed E-state index contributed by atoms with van der Waals surface area (Å²) in [5, 5.41) is 3.02. The lowest BCUT2D eigenvalue weighted by Gasteiger charge is -2.28. The monoisotopic (exact) mass is 295 g/mol. The van der Waals surface area contributed by atoms with E-state index in [-0.39, 0.29) is 11.6 Å². The molecule has 1 atom stereocenters. The lowest BCUT2D eigenvalue weighted by atomic mass is 10.1. The van der Waals surface area contributed by atoms with E-state index in [0.29, 0.717) is 23.5 Å². The van der Waals surface area contributed by atoms with Gasteiger partial charge in [0.05, 0.1) is 12.2 Å². The second-order valence-electron chi connectivity index (χ2n) is 4.54. The van der Waals surface area contributed by atoms with E-state index in [1.54, 1.807) is 18.2 Å². The minimum Gasteiger partial charge on any atom is -0.482 e. The maximum absolute atomic E-state index is 13.1. The summed E-state index contributed by atoms with van der Waals surface area (Å²) in [5.41, 5.74) is 1.05. The van der Waals surface area contributed by atoms with Crippen molar-refractivity contribution in [2.24, 2.45) is 0 Å². The molecule has 0 saturated heterocycles. The maximum atomic E-state index is 13.1. The average molecular weight is 295 g/mol. The largest absolute Gasteiger partial charge is 0.482 e. The molecule has 0 radical (unpaired) electrons. The van der Waals surface area contributed by atoms with Gasteiger partial charge >= 0.3 is 6.61 Å². The number of para-hydroxylation sites is 1. The molecule has 0 aliphatic carbocycles. The number of alkyl halides is 2. The molecule has 0 amide bonds.